The highest BCUT2D eigenvalue weighted by Crippen LogP contribution is 2.46. The summed E-state index contributed by atoms with van der Waals surface area (Å²) in [5.41, 5.74) is 7.27. The molecule has 1 aliphatic carbocycles. The lowest BCUT2D eigenvalue weighted by molar-refractivity contribution is -0.126. The van der Waals surface area contributed by atoms with Crippen molar-refractivity contribution in [2.75, 3.05) is 16.8 Å². The number of nitrogens with one attached hydrogen (secondary N) is 1. The molecule has 18 heavy (non-hydrogen) atoms. The van der Waals surface area contributed by atoms with E-state index < -0.39 is 0 Å². The van der Waals surface area contributed by atoms with E-state index >= 15 is 0 Å². The summed E-state index contributed by atoms with van der Waals surface area (Å²) in [5.74, 6) is 1.06. The fraction of sp³-hybridized carbons (Fsp3) is 0.500. The molecule has 0 saturated heterocycles. The molecule has 0 unspecified atom stereocenters. The minimum atomic E-state index is -0.172. The van der Waals surface area contributed by atoms with E-state index in [-0.39, 0.29) is 11.3 Å². The van der Waals surface area contributed by atoms with Crippen LogP contribution in [0.5, 0.6) is 0 Å². The van der Waals surface area contributed by atoms with E-state index in [1.807, 2.05) is 18.2 Å². The second-order valence-corrected chi connectivity index (χ2v) is 6.32. The molecule has 2 aliphatic rings. The number of rotatable bonds is 0. The zero-order chi connectivity index (χ0) is 12.6. The number of carbonyl (C=O) groups is 1. The van der Waals surface area contributed by atoms with E-state index in [1.165, 1.54) is 19.3 Å². The standard InChI is InChI=1S/C14H18N2OS/c15-10-5-4-6-11-12(10)16-13(17)14(9-18-11)7-2-1-3-8-14/h4-6H,1-3,7-9,15H2,(H,16,17). The molecule has 1 aromatic rings. The van der Waals surface area contributed by atoms with Gasteiger partial charge in [-0.25, -0.2) is 0 Å². The van der Waals surface area contributed by atoms with Gasteiger partial charge in [-0.05, 0) is 25.0 Å². The average molecular weight is 262 g/mol. The Morgan fingerprint density at radius 3 is 2.78 bits per heavy atom. The first-order valence-electron chi connectivity index (χ1n) is 6.54. The molecule has 0 aromatic heterocycles. The van der Waals surface area contributed by atoms with Crippen molar-refractivity contribution in [3.63, 3.8) is 0 Å². The van der Waals surface area contributed by atoms with Gasteiger partial charge in [0.1, 0.15) is 0 Å². The van der Waals surface area contributed by atoms with Crippen molar-refractivity contribution in [3.8, 4) is 0 Å². The van der Waals surface area contributed by atoms with Crippen LogP contribution < -0.4 is 11.1 Å². The number of thioether (sulfide) groups is 1. The molecular weight excluding hydrogens is 244 g/mol. The van der Waals surface area contributed by atoms with Crippen LogP contribution in [-0.4, -0.2) is 11.7 Å². The number of nitrogens with two attached hydrogens (primary N) is 1. The maximum absolute atomic E-state index is 12.5. The van der Waals surface area contributed by atoms with Crippen LogP contribution in [0, 0.1) is 5.41 Å². The van der Waals surface area contributed by atoms with Gasteiger partial charge in [-0.15, -0.1) is 11.8 Å². The van der Waals surface area contributed by atoms with E-state index in [4.69, 9.17) is 5.73 Å². The van der Waals surface area contributed by atoms with Gasteiger partial charge in [0.15, 0.2) is 0 Å². The van der Waals surface area contributed by atoms with Gasteiger partial charge in [0.05, 0.1) is 16.8 Å². The fourth-order valence-electron chi connectivity index (χ4n) is 2.93. The summed E-state index contributed by atoms with van der Waals surface area (Å²) in [6, 6.07) is 5.84. The molecule has 96 valence electrons. The van der Waals surface area contributed by atoms with Crippen molar-refractivity contribution >= 4 is 29.0 Å². The molecule has 1 saturated carbocycles. The smallest absolute Gasteiger partial charge is 0.231 e. The minimum Gasteiger partial charge on any atom is -0.397 e. The molecule has 0 radical (unpaired) electrons. The van der Waals surface area contributed by atoms with Crippen molar-refractivity contribution < 1.29 is 4.79 Å². The van der Waals surface area contributed by atoms with Crippen molar-refractivity contribution in [2.24, 2.45) is 5.41 Å². The molecule has 1 aromatic carbocycles. The molecule has 1 fully saturated rings. The number of benzene rings is 1. The topological polar surface area (TPSA) is 55.1 Å². The first-order valence-corrected chi connectivity index (χ1v) is 7.53. The van der Waals surface area contributed by atoms with Crippen LogP contribution in [0.3, 0.4) is 0 Å². The molecule has 1 aliphatic heterocycles. The van der Waals surface area contributed by atoms with Crippen molar-refractivity contribution in [1.29, 1.82) is 0 Å². The quantitative estimate of drug-likeness (QED) is 0.706. The molecule has 4 heteroatoms. The number of para-hydroxylation sites is 1. The van der Waals surface area contributed by atoms with Crippen molar-refractivity contribution in [3.05, 3.63) is 18.2 Å². The van der Waals surface area contributed by atoms with Crippen LogP contribution in [0.2, 0.25) is 0 Å². The highest BCUT2D eigenvalue weighted by atomic mass is 32.2. The first kappa shape index (κ1) is 11.9. The molecular formula is C14H18N2OS. The van der Waals surface area contributed by atoms with Gasteiger partial charge in [0, 0.05) is 10.6 Å². The Hall–Kier alpha value is -1.16. The van der Waals surface area contributed by atoms with Crippen LogP contribution >= 0.6 is 11.8 Å². The van der Waals surface area contributed by atoms with Gasteiger partial charge in [-0.3, -0.25) is 4.79 Å². The summed E-state index contributed by atoms with van der Waals surface area (Å²) in [4.78, 5) is 13.6. The van der Waals surface area contributed by atoms with Crippen molar-refractivity contribution in [2.45, 2.75) is 37.0 Å². The number of anilines is 2. The Labute approximate surface area is 112 Å². The third kappa shape index (κ3) is 1.88. The lowest BCUT2D eigenvalue weighted by atomic mass is 9.75. The van der Waals surface area contributed by atoms with Gasteiger partial charge >= 0.3 is 0 Å². The first-order chi connectivity index (χ1) is 8.71. The van der Waals surface area contributed by atoms with Gasteiger partial charge in [0.2, 0.25) is 5.91 Å². The zero-order valence-corrected chi connectivity index (χ0v) is 11.2. The van der Waals surface area contributed by atoms with Crippen LogP contribution in [0.25, 0.3) is 0 Å². The summed E-state index contributed by atoms with van der Waals surface area (Å²) in [7, 11) is 0. The lowest BCUT2D eigenvalue weighted by Crippen LogP contribution is -2.39. The zero-order valence-electron chi connectivity index (χ0n) is 10.4. The van der Waals surface area contributed by atoms with Gasteiger partial charge in [-0.1, -0.05) is 25.3 Å². The van der Waals surface area contributed by atoms with Crippen LogP contribution in [0.4, 0.5) is 11.4 Å². The van der Waals surface area contributed by atoms with Crippen LogP contribution in [-0.2, 0) is 4.79 Å². The molecule has 1 heterocycles. The molecule has 1 spiro atoms. The Morgan fingerprint density at radius 2 is 2.00 bits per heavy atom. The number of nitrogen functional groups attached to an aromatic ring is 1. The SMILES string of the molecule is Nc1cccc2c1NC(=O)C1(CCCCC1)CS2. The predicted molar refractivity (Wildman–Crippen MR) is 75.7 cm³/mol. The third-order valence-electron chi connectivity index (χ3n) is 4.09. The molecule has 3 N–H and O–H groups in total. The fourth-order valence-corrected chi connectivity index (χ4v) is 4.27. The van der Waals surface area contributed by atoms with E-state index in [2.05, 4.69) is 5.32 Å². The van der Waals surface area contributed by atoms with Gasteiger partial charge < -0.3 is 11.1 Å². The minimum absolute atomic E-state index is 0.172. The number of hydrogen-bond donors (Lipinski definition) is 2. The Bertz CT molecular complexity index is 481. The summed E-state index contributed by atoms with van der Waals surface area (Å²) >= 11 is 1.77. The number of carbonyl (C=O) groups excluding carboxylic acids is 1. The number of fused-ring (bicyclic) bond motifs is 1. The Balaban J connectivity index is 1.95. The Morgan fingerprint density at radius 1 is 1.22 bits per heavy atom. The molecule has 0 bridgehead atoms. The van der Waals surface area contributed by atoms with Gasteiger partial charge in [0.25, 0.3) is 0 Å². The summed E-state index contributed by atoms with van der Waals surface area (Å²) in [6.45, 7) is 0. The second kappa shape index (κ2) is 4.50. The highest BCUT2D eigenvalue weighted by Gasteiger charge is 2.41. The molecule has 3 rings (SSSR count). The van der Waals surface area contributed by atoms with Gasteiger partial charge in [-0.2, -0.15) is 0 Å². The van der Waals surface area contributed by atoms with Crippen molar-refractivity contribution in [1.82, 2.24) is 0 Å². The van der Waals surface area contributed by atoms with Crippen LogP contribution in [0.15, 0.2) is 23.1 Å². The molecule has 3 nitrogen and oxygen atoms in total. The third-order valence-corrected chi connectivity index (χ3v) is 5.44. The van der Waals surface area contributed by atoms with E-state index in [0.29, 0.717) is 5.69 Å². The number of amides is 1. The maximum Gasteiger partial charge on any atom is 0.231 e. The second-order valence-electron chi connectivity index (χ2n) is 5.30. The normalized spacial score (nSPS) is 22.1. The van der Waals surface area contributed by atoms with E-state index in [9.17, 15) is 4.79 Å². The summed E-state index contributed by atoms with van der Waals surface area (Å²) in [5, 5.41) is 3.07. The lowest BCUT2D eigenvalue weighted by Gasteiger charge is -2.33. The van der Waals surface area contributed by atoms with E-state index in [0.717, 1.165) is 29.2 Å². The Kier molecular flexibility index (Phi) is 2.98. The largest absolute Gasteiger partial charge is 0.397 e. The molecule has 1 amide bonds. The summed E-state index contributed by atoms with van der Waals surface area (Å²) in [6.07, 6.45) is 5.62. The summed E-state index contributed by atoms with van der Waals surface area (Å²) < 4.78 is 0. The molecule has 0 atom stereocenters. The van der Waals surface area contributed by atoms with E-state index in [1.54, 1.807) is 11.8 Å². The highest BCUT2D eigenvalue weighted by molar-refractivity contribution is 7.99. The monoisotopic (exact) mass is 262 g/mol. The number of hydrogen-bond acceptors (Lipinski definition) is 3. The predicted octanol–water partition coefficient (Wildman–Crippen LogP) is 3.26. The maximum atomic E-state index is 12.5. The average Bonchev–Trinajstić information content (AvgIpc) is 2.52. The van der Waals surface area contributed by atoms with Crippen LogP contribution in [0.1, 0.15) is 32.1 Å².